The Hall–Kier alpha value is -3.83. The number of carboxylic acid groups (broad SMARTS) is 2. The Balaban J connectivity index is 0.000000505. The van der Waals surface area contributed by atoms with Crippen molar-refractivity contribution in [1.82, 2.24) is 4.90 Å². The lowest BCUT2D eigenvalue weighted by Gasteiger charge is -2.32. The second kappa shape index (κ2) is 13.6. The second-order valence-electron chi connectivity index (χ2n) is 8.38. The van der Waals surface area contributed by atoms with Gasteiger partial charge in [0.2, 0.25) is 0 Å². The van der Waals surface area contributed by atoms with Crippen LogP contribution in [0.4, 0.5) is 13.2 Å². The first-order valence-electron chi connectivity index (χ1n) is 11.8. The standard InChI is InChI=1S/C25H27NO5.C2HF3O2/c27-25(28)11-12-26-13-14-31-24(18-26)20-6-8-22(9-7-20)29-15-16-30-23-10-5-19-3-1-2-4-21(19)17-23;3-2(4,5)1(6)7/h1-10,17,24H,11-16,18H2,(H,27,28);(H,6,7). The van der Waals surface area contributed by atoms with Gasteiger partial charge in [0.15, 0.2) is 0 Å². The van der Waals surface area contributed by atoms with Crippen LogP contribution in [-0.4, -0.2) is 72.7 Å². The van der Waals surface area contributed by atoms with Crippen molar-refractivity contribution in [2.75, 3.05) is 39.5 Å². The quantitative estimate of drug-likeness (QED) is 0.377. The highest BCUT2D eigenvalue weighted by atomic mass is 19.4. The number of morpholine rings is 1. The van der Waals surface area contributed by atoms with Crippen LogP contribution < -0.4 is 9.47 Å². The Kier molecular flexibility index (Phi) is 10.3. The summed E-state index contributed by atoms with van der Waals surface area (Å²) in [4.78, 5) is 21.8. The monoisotopic (exact) mass is 535 g/mol. The fraction of sp³-hybridized carbons (Fsp3) is 0.333. The summed E-state index contributed by atoms with van der Waals surface area (Å²) >= 11 is 0. The van der Waals surface area contributed by atoms with Crippen molar-refractivity contribution in [3.05, 3.63) is 72.3 Å². The van der Waals surface area contributed by atoms with Crippen LogP contribution in [0.1, 0.15) is 18.1 Å². The number of ether oxygens (including phenoxy) is 3. The Morgan fingerprint density at radius 3 is 2.16 bits per heavy atom. The smallest absolute Gasteiger partial charge is 0.490 e. The zero-order chi connectivity index (χ0) is 27.5. The van der Waals surface area contributed by atoms with Crippen molar-refractivity contribution in [2.45, 2.75) is 18.7 Å². The van der Waals surface area contributed by atoms with E-state index < -0.39 is 18.1 Å². The maximum atomic E-state index is 10.8. The third-order valence-electron chi connectivity index (χ3n) is 5.63. The number of benzene rings is 3. The molecule has 0 amide bonds. The number of rotatable bonds is 9. The van der Waals surface area contributed by atoms with Gasteiger partial charge >= 0.3 is 18.1 Å². The van der Waals surface area contributed by atoms with Crippen LogP contribution in [0.25, 0.3) is 10.8 Å². The van der Waals surface area contributed by atoms with Crippen molar-refractivity contribution in [1.29, 1.82) is 0 Å². The highest BCUT2D eigenvalue weighted by molar-refractivity contribution is 5.83. The minimum absolute atomic E-state index is 0.0483. The number of carbonyl (C=O) groups is 2. The number of aliphatic carboxylic acids is 2. The zero-order valence-corrected chi connectivity index (χ0v) is 20.4. The predicted octanol–water partition coefficient (Wildman–Crippen LogP) is 4.78. The van der Waals surface area contributed by atoms with E-state index in [1.165, 1.54) is 5.39 Å². The van der Waals surface area contributed by atoms with E-state index in [0.29, 0.717) is 32.9 Å². The molecule has 0 radical (unpaired) electrons. The molecule has 1 saturated heterocycles. The number of hydrogen-bond acceptors (Lipinski definition) is 6. The van der Waals surface area contributed by atoms with Crippen LogP contribution in [0.2, 0.25) is 0 Å². The summed E-state index contributed by atoms with van der Waals surface area (Å²) in [5, 5.41) is 18.3. The highest BCUT2D eigenvalue weighted by Crippen LogP contribution is 2.25. The van der Waals surface area contributed by atoms with Crippen molar-refractivity contribution in [3.63, 3.8) is 0 Å². The summed E-state index contributed by atoms with van der Waals surface area (Å²) in [6.45, 7) is 3.54. The summed E-state index contributed by atoms with van der Waals surface area (Å²) in [6.07, 6.45) is -4.98. The fourth-order valence-corrected chi connectivity index (χ4v) is 3.72. The fourth-order valence-electron chi connectivity index (χ4n) is 3.72. The van der Waals surface area contributed by atoms with Gasteiger partial charge in [-0.05, 0) is 40.6 Å². The van der Waals surface area contributed by atoms with E-state index in [4.69, 9.17) is 29.2 Å². The molecular weight excluding hydrogens is 507 g/mol. The number of alkyl halides is 3. The molecule has 3 aromatic rings. The van der Waals surface area contributed by atoms with Crippen molar-refractivity contribution < 1.29 is 47.2 Å². The molecule has 204 valence electrons. The van der Waals surface area contributed by atoms with Gasteiger partial charge in [0, 0.05) is 19.6 Å². The van der Waals surface area contributed by atoms with Gasteiger partial charge in [0.1, 0.15) is 24.7 Å². The zero-order valence-electron chi connectivity index (χ0n) is 20.4. The second-order valence-corrected chi connectivity index (χ2v) is 8.38. The summed E-state index contributed by atoms with van der Waals surface area (Å²) in [6, 6.07) is 22.1. The molecule has 11 heteroatoms. The van der Waals surface area contributed by atoms with E-state index >= 15 is 0 Å². The van der Waals surface area contributed by atoms with Gasteiger partial charge in [-0.25, -0.2) is 4.79 Å². The summed E-state index contributed by atoms with van der Waals surface area (Å²) < 4.78 is 49.2. The molecule has 1 aliphatic heterocycles. The number of carboxylic acids is 2. The van der Waals surface area contributed by atoms with Crippen molar-refractivity contribution in [2.24, 2.45) is 0 Å². The van der Waals surface area contributed by atoms with Gasteiger partial charge in [-0.15, -0.1) is 0 Å². The van der Waals surface area contributed by atoms with Crippen LogP contribution in [0, 0.1) is 0 Å². The molecule has 0 aliphatic carbocycles. The largest absolute Gasteiger partial charge is 0.490 e. The summed E-state index contributed by atoms with van der Waals surface area (Å²) in [5.41, 5.74) is 1.07. The van der Waals surface area contributed by atoms with Crippen LogP contribution in [0.3, 0.4) is 0 Å². The van der Waals surface area contributed by atoms with Crippen LogP contribution in [-0.2, 0) is 14.3 Å². The maximum Gasteiger partial charge on any atom is 0.490 e. The van der Waals surface area contributed by atoms with Gasteiger partial charge in [-0.1, -0.05) is 42.5 Å². The molecule has 0 spiro atoms. The highest BCUT2D eigenvalue weighted by Gasteiger charge is 2.38. The van der Waals surface area contributed by atoms with Gasteiger partial charge < -0.3 is 24.4 Å². The number of hydrogen-bond donors (Lipinski definition) is 2. The van der Waals surface area contributed by atoms with E-state index in [9.17, 15) is 18.0 Å². The van der Waals surface area contributed by atoms with Crippen molar-refractivity contribution in [3.8, 4) is 11.5 Å². The molecule has 1 unspecified atom stereocenters. The molecule has 1 atom stereocenters. The minimum Gasteiger partial charge on any atom is -0.490 e. The predicted molar refractivity (Wildman–Crippen MR) is 132 cm³/mol. The SMILES string of the molecule is O=C(O)C(F)(F)F.O=C(O)CCN1CCOC(c2ccc(OCCOc3ccc4ccccc4c3)cc2)C1. The minimum atomic E-state index is -5.08. The van der Waals surface area contributed by atoms with Gasteiger partial charge in [-0.2, -0.15) is 13.2 Å². The van der Waals surface area contributed by atoms with E-state index in [2.05, 4.69) is 23.1 Å². The first-order chi connectivity index (χ1) is 18.1. The first-order valence-corrected chi connectivity index (χ1v) is 11.8. The van der Waals surface area contributed by atoms with E-state index in [1.54, 1.807) is 0 Å². The third kappa shape index (κ3) is 9.24. The van der Waals surface area contributed by atoms with Crippen LogP contribution in [0.5, 0.6) is 11.5 Å². The topological polar surface area (TPSA) is 106 Å². The summed E-state index contributed by atoms with van der Waals surface area (Å²) in [5.74, 6) is -1.91. The molecule has 4 rings (SSSR count). The molecule has 3 aromatic carbocycles. The lowest BCUT2D eigenvalue weighted by atomic mass is 10.1. The first kappa shape index (κ1) is 28.7. The molecule has 1 aliphatic rings. The van der Waals surface area contributed by atoms with E-state index in [0.717, 1.165) is 29.0 Å². The summed E-state index contributed by atoms with van der Waals surface area (Å²) in [7, 11) is 0. The molecule has 0 bridgehead atoms. The molecular formula is C27H28F3NO7. The number of nitrogens with zero attached hydrogens (tertiary/aromatic N) is 1. The molecule has 2 N–H and O–H groups in total. The molecule has 0 saturated carbocycles. The van der Waals surface area contributed by atoms with Crippen molar-refractivity contribution >= 4 is 22.7 Å². The molecule has 1 fully saturated rings. The molecule has 0 aromatic heterocycles. The van der Waals surface area contributed by atoms with Gasteiger partial charge in [0.05, 0.1) is 19.1 Å². The number of halogens is 3. The normalized spacial score (nSPS) is 15.8. The van der Waals surface area contributed by atoms with Crippen LogP contribution >= 0.6 is 0 Å². The lowest BCUT2D eigenvalue weighted by molar-refractivity contribution is -0.192. The average molecular weight is 536 g/mol. The van der Waals surface area contributed by atoms with Gasteiger partial charge in [-0.3, -0.25) is 9.69 Å². The van der Waals surface area contributed by atoms with Gasteiger partial charge in [0.25, 0.3) is 0 Å². The van der Waals surface area contributed by atoms with E-state index in [1.807, 2.05) is 48.5 Å². The lowest BCUT2D eigenvalue weighted by Crippen LogP contribution is -2.39. The number of fused-ring (bicyclic) bond motifs is 1. The Labute approximate surface area is 217 Å². The third-order valence-corrected chi connectivity index (χ3v) is 5.63. The maximum absolute atomic E-state index is 10.8. The molecule has 8 nitrogen and oxygen atoms in total. The van der Waals surface area contributed by atoms with Crippen LogP contribution in [0.15, 0.2) is 66.7 Å². The Morgan fingerprint density at radius 1 is 0.921 bits per heavy atom. The molecule has 38 heavy (non-hydrogen) atoms. The Bertz CT molecular complexity index is 1200. The van der Waals surface area contributed by atoms with E-state index in [-0.39, 0.29) is 12.5 Å². The molecule has 1 heterocycles. The Morgan fingerprint density at radius 2 is 1.53 bits per heavy atom. The average Bonchev–Trinajstić information content (AvgIpc) is 2.90.